The quantitative estimate of drug-likeness (QED) is 0.821. The smallest absolute Gasteiger partial charge is 0.228 e. The lowest BCUT2D eigenvalue weighted by Gasteiger charge is -2.39. The first-order valence-electron chi connectivity index (χ1n) is 10.0. The van der Waals surface area contributed by atoms with Crippen molar-refractivity contribution >= 4 is 17.9 Å². The van der Waals surface area contributed by atoms with Crippen molar-refractivity contribution in [1.82, 2.24) is 9.80 Å². The van der Waals surface area contributed by atoms with Crippen molar-refractivity contribution < 1.29 is 14.3 Å². The van der Waals surface area contributed by atoms with Gasteiger partial charge in [0.15, 0.2) is 0 Å². The van der Waals surface area contributed by atoms with E-state index in [4.69, 9.17) is 4.74 Å². The maximum absolute atomic E-state index is 12.6. The van der Waals surface area contributed by atoms with Gasteiger partial charge in [-0.15, -0.1) is 0 Å². The molecule has 0 unspecified atom stereocenters. The van der Waals surface area contributed by atoms with E-state index in [1.54, 1.807) is 0 Å². The lowest BCUT2D eigenvalue weighted by Crippen LogP contribution is -2.46. The number of benzene rings is 1. The molecule has 0 saturated carbocycles. The highest BCUT2D eigenvalue weighted by molar-refractivity contribution is 5.81. The van der Waals surface area contributed by atoms with Crippen LogP contribution in [-0.2, 0) is 14.3 Å². The molecule has 0 aliphatic carbocycles. The summed E-state index contributed by atoms with van der Waals surface area (Å²) >= 11 is 0. The average molecular weight is 368 g/mol. The molecule has 3 fully saturated rings. The predicted molar refractivity (Wildman–Crippen MR) is 104 cm³/mol. The summed E-state index contributed by atoms with van der Waals surface area (Å²) in [6.45, 7) is 4.30. The number of nitrogens with zero attached hydrogens (tertiary/aromatic N) is 2. The standard InChI is InChI=1S/C22H28N2O3/c25-20-15-22(17-24(20)11-4-7-18-5-2-1-3-6-18)9-12-23(13-10-22)21(26)19-8-14-27-16-19/h1-7,19H,8-17H2/b7-4+/t19-/m1/s1. The molecule has 4 rings (SSSR count). The van der Waals surface area contributed by atoms with Gasteiger partial charge < -0.3 is 14.5 Å². The van der Waals surface area contributed by atoms with Crippen LogP contribution in [0.15, 0.2) is 36.4 Å². The number of ether oxygens (including phenoxy) is 1. The molecule has 3 saturated heterocycles. The van der Waals surface area contributed by atoms with Crippen LogP contribution in [0.2, 0.25) is 0 Å². The summed E-state index contributed by atoms with van der Waals surface area (Å²) in [4.78, 5) is 29.0. The highest BCUT2D eigenvalue weighted by atomic mass is 16.5. The maximum Gasteiger partial charge on any atom is 0.228 e. The summed E-state index contributed by atoms with van der Waals surface area (Å²) in [6.07, 6.45) is 7.48. The molecular weight excluding hydrogens is 340 g/mol. The maximum atomic E-state index is 12.6. The fourth-order valence-corrected chi connectivity index (χ4v) is 4.55. The average Bonchev–Trinajstić information content (AvgIpc) is 3.32. The Kier molecular flexibility index (Phi) is 5.30. The van der Waals surface area contributed by atoms with Gasteiger partial charge in [0, 0.05) is 44.6 Å². The second-order valence-electron chi connectivity index (χ2n) is 8.15. The van der Waals surface area contributed by atoms with Crippen LogP contribution >= 0.6 is 0 Å². The summed E-state index contributed by atoms with van der Waals surface area (Å²) in [5.41, 5.74) is 1.21. The molecule has 1 spiro atoms. The van der Waals surface area contributed by atoms with E-state index in [1.165, 1.54) is 0 Å². The minimum absolute atomic E-state index is 0.0453. The fraction of sp³-hybridized carbons (Fsp3) is 0.545. The Hall–Kier alpha value is -2.14. The fourth-order valence-electron chi connectivity index (χ4n) is 4.55. The van der Waals surface area contributed by atoms with E-state index in [0.29, 0.717) is 26.2 Å². The molecule has 1 atom stereocenters. The van der Waals surface area contributed by atoms with Crippen LogP contribution in [0.1, 0.15) is 31.2 Å². The normalized spacial score (nSPS) is 25.0. The first-order chi connectivity index (χ1) is 13.2. The Balaban J connectivity index is 1.30. The molecule has 3 aliphatic heterocycles. The molecule has 27 heavy (non-hydrogen) atoms. The number of likely N-dealkylation sites (tertiary alicyclic amines) is 2. The lowest BCUT2D eigenvalue weighted by atomic mass is 9.77. The van der Waals surface area contributed by atoms with Crippen LogP contribution < -0.4 is 0 Å². The Morgan fingerprint density at radius 2 is 2.00 bits per heavy atom. The van der Waals surface area contributed by atoms with Gasteiger partial charge in [0.1, 0.15) is 0 Å². The number of carbonyl (C=O) groups is 2. The number of amides is 2. The number of rotatable bonds is 4. The summed E-state index contributed by atoms with van der Waals surface area (Å²) in [5.74, 6) is 0.537. The van der Waals surface area contributed by atoms with Gasteiger partial charge in [-0.25, -0.2) is 0 Å². The molecule has 0 radical (unpaired) electrons. The van der Waals surface area contributed by atoms with Gasteiger partial charge in [0.2, 0.25) is 11.8 Å². The Labute approximate surface area is 161 Å². The molecule has 1 aromatic carbocycles. The molecule has 5 heteroatoms. The molecule has 144 valence electrons. The summed E-state index contributed by atoms with van der Waals surface area (Å²) in [6, 6.07) is 10.2. The van der Waals surface area contributed by atoms with Gasteiger partial charge >= 0.3 is 0 Å². The minimum atomic E-state index is 0.0453. The van der Waals surface area contributed by atoms with E-state index in [-0.39, 0.29) is 23.1 Å². The third-order valence-electron chi connectivity index (χ3n) is 6.26. The van der Waals surface area contributed by atoms with E-state index in [1.807, 2.05) is 28.0 Å². The number of hydrogen-bond donors (Lipinski definition) is 0. The second-order valence-corrected chi connectivity index (χ2v) is 8.15. The van der Waals surface area contributed by atoms with Gasteiger partial charge in [0.25, 0.3) is 0 Å². The van der Waals surface area contributed by atoms with Crippen molar-refractivity contribution in [3.8, 4) is 0 Å². The van der Waals surface area contributed by atoms with Crippen molar-refractivity contribution in [2.24, 2.45) is 11.3 Å². The van der Waals surface area contributed by atoms with E-state index in [9.17, 15) is 9.59 Å². The molecular formula is C22H28N2O3. The van der Waals surface area contributed by atoms with Crippen molar-refractivity contribution in [3.63, 3.8) is 0 Å². The molecule has 0 aromatic heterocycles. The monoisotopic (exact) mass is 368 g/mol. The van der Waals surface area contributed by atoms with Crippen molar-refractivity contribution in [2.45, 2.75) is 25.7 Å². The Morgan fingerprint density at radius 3 is 2.70 bits per heavy atom. The van der Waals surface area contributed by atoms with Crippen molar-refractivity contribution in [2.75, 3.05) is 39.4 Å². The second kappa shape index (κ2) is 7.85. The van der Waals surface area contributed by atoms with Crippen LogP contribution in [-0.4, -0.2) is 61.0 Å². The largest absolute Gasteiger partial charge is 0.381 e. The van der Waals surface area contributed by atoms with Crippen LogP contribution in [0.4, 0.5) is 0 Å². The summed E-state index contributed by atoms with van der Waals surface area (Å²) < 4.78 is 5.35. The van der Waals surface area contributed by atoms with Gasteiger partial charge in [-0.3, -0.25) is 9.59 Å². The van der Waals surface area contributed by atoms with Crippen molar-refractivity contribution in [1.29, 1.82) is 0 Å². The minimum Gasteiger partial charge on any atom is -0.381 e. The van der Waals surface area contributed by atoms with Crippen molar-refractivity contribution in [3.05, 3.63) is 42.0 Å². The molecule has 5 nitrogen and oxygen atoms in total. The molecule has 3 aliphatic rings. The Morgan fingerprint density at radius 1 is 1.22 bits per heavy atom. The number of hydrogen-bond acceptors (Lipinski definition) is 3. The predicted octanol–water partition coefficient (Wildman–Crippen LogP) is 2.58. The van der Waals surface area contributed by atoms with Gasteiger partial charge in [-0.1, -0.05) is 42.5 Å². The van der Waals surface area contributed by atoms with Crippen LogP contribution in [0, 0.1) is 11.3 Å². The third kappa shape index (κ3) is 4.08. The SMILES string of the molecule is O=C1CC2(CCN(C(=O)[C@@H]3CCOC3)CC2)CN1C/C=C/c1ccccc1. The summed E-state index contributed by atoms with van der Waals surface area (Å²) in [7, 11) is 0. The van der Waals surface area contributed by atoms with Gasteiger partial charge in [-0.05, 0) is 24.8 Å². The summed E-state index contributed by atoms with van der Waals surface area (Å²) in [5, 5.41) is 0. The van der Waals surface area contributed by atoms with Gasteiger partial charge in [0.05, 0.1) is 12.5 Å². The molecule has 0 bridgehead atoms. The van der Waals surface area contributed by atoms with Gasteiger partial charge in [-0.2, -0.15) is 0 Å². The van der Waals surface area contributed by atoms with Crippen LogP contribution in [0.5, 0.6) is 0 Å². The zero-order chi connectivity index (χ0) is 18.7. The third-order valence-corrected chi connectivity index (χ3v) is 6.26. The molecule has 3 heterocycles. The molecule has 1 aromatic rings. The van der Waals surface area contributed by atoms with E-state index in [2.05, 4.69) is 24.3 Å². The lowest BCUT2D eigenvalue weighted by molar-refractivity contribution is -0.137. The highest BCUT2D eigenvalue weighted by Crippen LogP contribution is 2.41. The van der Waals surface area contributed by atoms with Crippen LogP contribution in [0.3, 0.4) is 0 Å². The van der Waals surface area contributed by atoms with E-state index in [0.717, 1.165) is 44.5 Å². The number of carbonyl (C=O) groups excluding carboxylic acids is 2. The Bertz CT molecular complexity index is 702. The molecule has 2 amide bonds. The first-order valence-corrected chi connectivity index (χ1v) is 10.0. The van der Waals surface area contributed by atoms with E-state index >= 15 is 0 Å². The molecule has 0 N–H and O–H groups in total. The first kappa shape index (κ1) is 18.2. The highest BCUT2D eigenvalue weighted by Gasteiger charge is 2.45. The van der Waals surface area contributed by atoms with Crippen LogP contribution in [0.25, 0.3) is 6.08 Å². The topological polar surface area (TPSA) is 49.9 Å². The number of piperidine rings is 1. The zero-order valence-electron chi connectivity index (χ0n) is 15.8. The zero-order valence-corrected chi connectivity index (χ0v) is 15.8. The van der Waals surface area contributed by atoms with E-state index < -0.39 is 0 Å².